The molecule has 1 aromatic carbocycles. The van der Waals surface area contributed by atoms with Gasteiger partial charge in [0, 0.05) is 18.8 Å². The second-order valence-corrected chi connectivity index (χ2v) is 4.22. The van der Waals surface area contributed by atoms with Gasteiger partial charge in [-0.15, -0.1) is 0 Å². The van der Waals surface area contributed by atoms with Crippen LogP contribution in [0.3, 0.4) is 0 Å². The Morgan fingerprint density at radius 1 is 1.11 bits per heavy atom. The molecular weight excluding hydrogens is 224 g/mol. The molecule has 0 saturated carbocycles. The molecule has 3 heteroatoms. The largest absolute Gasteiger partial charge is 0.497 e. The van der Waals surface area contributed by atoms with E-state index in [1.54, 1.807) is 7.11 Å². The van der Waals surface area contributed by atoms with Crippen LogP contribution in [0.25, 0.3) is 5.65 Å². The summed E-state index contributed by atoms with van der Waals surface area (Å²) >= 11 is 0. The quantitative estimate of drug-likeness (QED) is 0.701. The number of ether oxygens (including phenoxy) is 1. The van der Waals surface area contributed by atoms with E-state index >= 15 is 0 Å². The fraction of sp³-hybridized carbons (Fsp3) is 0.133. The van der Waals surface area contributed by atoms with Crippen molar-refractivity contribution in [2.24, 2.45) is 0 Å². The number of hydrogen-bond donors (Lipinski definition) is 0. The van der Waals surface area contributed by atoms with Gasteiger partial charge in [0.25, 0.3) is 0 Å². The van der Waals surface area contributed by atoms with Crippen molar-refractivity contribution in [3.05, 3.63) is 66.1 Å². The average Bonchev–Trinajstić information content (AvgIpc) is 2.82. The van der Waals surface area contributed by atoms with Crippen molar-refractivity contribution in [1.29, 1.82) is 0 Å². The van der Waals surface area contributed by atoms with Crippen LogP contribution in [0, 0.1) is 0 Å². The first-order chi connectivity index (χ1) is 8.85. The first kappa shape index (κ1) is 10.8. The Morgan fingerprint density at radius 2 is 1.94 bits per heavy atom. The Hall–Kier alpha value is -2.29. The van der Waals surface area contributed by atoms with Crippen LogP contribution in [0.2, 0.25) is 0 Å². The zero-order valence-electron chi connectivity index (χ0n) is 10.2. The minimum absolute atomic E-state index is 0.839. The molecule has 2 aromatic heterocycles. The second kappa shape index (κ2) is 4.53. The molecule has 0 aliphatic carbocycles. The zero-order valence-corrected chi connectivity index (χ0v) is 10.2. The van der Waals surface area contributed by atoms with Gasteiger partial charge >= 0.3 is 0 Å². The predicted molar refractivity (Wildman–Crippen MR) is 71.0 cm³/mol. The topological polar surface area (TPSA) is 26.5 Å². The molecule has 0 N–H and O–H groups in total. The monoisotopic (exact) mass is 238 g/mol. The molecule has 18 heavy (non-hydrogen) atoms. The van der Waals surface area contributed by atoms with Crippen LogP contribution in [-0.4, -0.2) is 16.5 Å². The Kier molecular flexibility index (Phi) is 2.73. The number of imidazole rings is 1. The molecule has 0 unspecified atom stereocenters. The minimum atomic E-state index is 0.839. The Balaban J connectivity index is 1.86. The van der Waals surface area contributed by atoms with Crippen molar-refractivity contribution in [2.75, 3.05) is 7.11 Å². The van der Waals surface area contributed by atoms with E-state index in [9.17, 15) is 0 Å². The van der Waals surface area contributed by atoms with Gasteiger partial charge in [0.2, 0.25) is 0 Å². The van der Waals surface area contributed by atoms with E-state index in [1.807, 2.05) is 40.9 Å². The molecule has 0 radical (unpaired) electrons. The Labute approximate surface area is 106 Å². The summed E-state index contributed by atoms with van der Waals surface area (Å²) in [6, 6.07) is 14.1. The SMILES string of the molecule is COc1ccc(Cc2cn3ccccc3n2)cc1. The van der Waals surface area contributed by atoms with Crippen LogP contribution in [-0.2, 0) is 6.42 Å². The molecule has 0 aliphatic rings. The van der Waals surface area contributed by atoms with E-state index in [1.165, 1.54) is 5.56 Å². The summed E-state index contributed by atoms with van der Waals surface area (Å²) in [7, 11) is 1.68. The van der Waals surface area contributed by atoms with E-state index in [0.29, 0.717) is 0 Å². The smallest absolute Gasteiger partial charge is 0.136 e. The third-order valence-electron chi connectivity index (χ3n) is 2.96. The summed E-state index contributed by atoms with van der Waals surface area (Å²) in [4.78, 5) is 4.58. The molecule has 0 saturated heterocycles. The average molecular weight is 238 g/mol. The molecule has 90 valence electrons. The second-order valence-electron chi connectivity index (χ2n) is 4.22. The molecule has 3 rings (SSSR count). The van der Waals surface area contributed by atoms with E-state index in [4.69, 9.17) is 4.74 Å². The van der Waals surface area contributed by atoms with Crippen LogP contribution in [0.5, 0.6) is 5.75 Å². The van der Waals surface area contributed by atoms with Gasteiger partial charge in [-0.05, 0) is 29.8 Å². The molecule has 3 aromatic rings. The van der Waals surface area contributed by atoms with Gasteiger partial charge in [0.05, 0.1) is 12.8 Å². The lowest BCUT2D eigenvalue weighted by Crippen LogP contribution is -1.89. The molecule has 0 amide bonds. The number of rotatable bonds is 3. The van der Waals surface area contributed by atoms with Gasteiger partial charge in [-0.2, -0.15) is 0 Å². The highest BCUT2D eigenvalue weighted by molar-refractivity contribution is 5.40. The molecule has 0 spiro atoms. The number of aromatic nitrogens is 2. The summed E-state index contributed by atoms with van der Waals surface area (Å²) in [5.41, 5.74) is 3.30. The van der Waals surface area contributed by atoms with Crippen LogP contribution in [0.4, 0.5) is 0 Å². The number of hydrogen-bond acceptors (Lipinski definition) is 2. The van der Waals surface area contributed by atoms with Crippen LogP contribution in [0.1, 0.15) is 11.3 Å². The number of benzene rings is 1. The minimum Gasteiger partial charge on any atom is -0.497 e. The van der Waals surface area contributed by atoms with Crippen molar-refractivity contribution in [3.63, 3.8) is 0 Å². The molecule has 2 heterocycles. The summed E-state index contributed by atoms with van der Waals surface area (Å²) in [5, 5.41) is 0. The lowest BCUT2D eigenvalue weighted by molar-refractivity contribution is 0.414. The van der Waals surface area contributed by atoms with E-state index < -0.39 is 0 Å². The maximum absolute atomic E-state index is 5.15. The van der Waals surface area contributed by atoms with Gasteiger partial charge < -0.3 is 9.14 Å². The molecule has 0 bridgehead atoms. The van der Waals surface area contributed by atoms with Crippen molar-refractivity contribution in [1.82, 2.24) is 9.38 Å². The zero-order chi connectivity index (χ0) is 12.4. The van der Waals surface area contributed by atoms with Gasteiger partial charge in [-0.1, -0.05) is 18.2 Å². The first-order valence-corrected chi connectivity index (χ1v) is 5.91. The van der Waals surface area contributed by atoms with Crippen LogP contribution >= 0.6 is 0 Å². The maximum Gasteiger partial charge on any atom is 0.136 e. The van der Waals surface area contributed by atoms with Gasteiger partial charge in [-0.25, -0.2) is 4.98 Å². The summed E-state index contributed by atoms with van der Waals surface area (Å²) < 4.78 is 7.19. The van der Waals surface area contributed by atoms with Gasteiger partial charge in [0.15, 0.2) is 0 Å². The molecule has 0 atom stereocenters. The third kappa shape index (κ3) is 2.07. The third-order valence-corrected chi connectivity index (χ3v) is 2.96. The number of pyridine rings is 1. The van der Waals surface area contributed by atoms with E-state index in [2.05, 4.69) is 23.3 Å². The number of nitrogens with zero attached hydrogens (tertiary/aromatic N) is 2. The summed E-state index contributed by atoms with van der Waals surface area (Å²) in [5.74, 6) is 0.883. The molecular formula is C15H14N2O. The van der Waals surface area contributed by atoms with Crippen LogP contribution in [0.15, 0.2) is 54.9 Å². The van der Waals surface area contributed by atoms with Gasteiger partial charge in [-0.3, -0.25) is 0 Å². The first-order valence-electron chi connectivity index (χ1n) is 5.91. The molecule has 0 fully saturated rings. The normalized spacial score (nSPS) is 10.7. The maximum atomic E-state index is 5.15. The highest BCUT2D eigenvalue weighted by atomic mass is 16.5. The highest BCUT2D eigenvalue weighted by Gasteiger charge is 2.02. The predicted octanol–water partition coefficient (Wildman–Crippen LogP) is 2.93. The standard InChI is InChI=1S/C15H14N2O/c1-18-14-7-5-12(6-8-14)10-13-11-17-9-3-2-4-15(17)16-13/h2-9,11H,10H2,1H3. The summed E-state index contributed by atoms with van der Waals surface area (Å²) in [6.07, 6.45) is 4.92. The van der Waals surface area contributed by atoms with E-state index in [-0.39, 0.29) is 0 Å². The molecule has 3 nitrogen and oxygen atoms in total. The van der Waals surface area contributed by atoms with Crippen molar-refractivity contribution in [3.8, 4) is 5.75 Å². The van der Waals surface area contributed by atoms with Gasteiger partial charge in [0.1, 0.15) is 11.4 Å². The van der Waals surface area contributed by atoms with E-state index in [0.717, 1.165) is 23.5 Å². The fourth-order valence-electron chi connectivity index (χ4n) is 2.02. The fourth-order valence-corrected chi connectivity index (χ4v) is 2.02. The number of methoxy groups -OCH3 is 1. The lowest BCUT2D eigenvalue weighted by Gasteiger charge is -2.01. The Bertz CT molecular complexity index is 623. The number of fused-ring (bicyclic) bond motifs is 1. The van der Waals surface area contributed by atoms with Crippen molar-refractivity contribution in [2.45, 2.75) is 6.42 Å². The lowest BCUT2D eigenvalue weighted by atomic mass is 10.1. The highest BCUT2D eigenvalue weighted by Crippen LogP contribution is 2.15. The Morgan fingerprint density at radius 3 is 2.67 bits per heavy atom. The molecule has 0 aliphatic heterocycles. The van der Waals surface area contributed by atoms with Crippen molar-refractivity contribution < 1.29 is 4.74 Å². The van der Waals surface area contributed by atoms with Crippen molar-refractivity contribution >= 4 is 5.65 Å². The van der Waals surface area contributed by atoms with Crippen LogP contribution < -0.4 is 4.74 Å². The summed E-state index contributed by atoms with van der Waals surface area (Å²) in [6.45, 7) is 0.